The second kappa shape index (κ2) is 5.22. The molecule has 2 atom stereocenters. The molecule has 0 heterocycles. The van der Waals surface area contributed by atoms with Crippen LogP contribution in [-0.2, 0) is 0 Å². The van der Waals surface area contributed by atoms with Crippen LogP contribution in [0.25, 0.3) is 0 Å². The molecule has 16 heavy (non-hydrogen) atoms. The fourth-order valence-corrected chi connectivity index (χ4v) is 3.06. The predicted octanol–water partition coefficient (Wildman–Crippen LogP) is 4.50. The van der Waals surface area contributed by atoms with Gasteiger partial charge in [-0.05, 0) is 56.7 Å². The molecule has 2 rings (SSSR count). The summed E-state index contributed by atoms with van der Waals surface area (Å²) in [6.07, 6.45) is 4.09. The molecule has 1 saturated carbocycles. The van der Waals surface area contributed by atoms with E-state index in [2.05, 4.69) is 48.0 Å². The van der Waals surface area contributed by atoms with Gasteiger partial charge < -0.3 is 4.74 Å². The molecule has 0 bridgehead atoms. The molecule has 0 spiro atoms. The fraction of sp³-hybridized carbons (Fsp3) is 0.571. The van der Waals surface area contributed by atoms with Gasteiger partial charge in [0.05, 0.1) is 6.10 Å². The van der Waals surface area contributed by atoms with E-state index < -0.39 is 0 Å². The molecule has 1 nitrogen and oxygen atoms in total. The van der Waals surface area contributed by atoms with Crippen LogP contribution in [0.5, 0.6) is 5.75 Å². The minimum atomic E-state index is 0.253. The molecule has 1 aliphatic carbocycles. The Morgan fingerprint density at radius 3 is 2.75 bits per heavy atom. The van der Waals surface area contributed by atoms with Crippen LogP contribution in [0.2, 0.25) is 0 Å². The zero-order chi connectivity index (χ0) is 11.5. The van der Waals surface area contributed by atoms with Crippen molar-refractivity contribution in [2.45, 2.75) is 50.0 Å². The monoisotopic (exact) mass is 282 g/mol. The summed E-state index contributed by atoms with van der Waals surface area (Å²) < 4.78 is 5.73. The molecular formula is C14H19BrO. The summed E-state index contributed by atoms with van der Waals surface area (Å²) in [7, 11) is 0. The smallest absolute Gasteiger partial charge is 0.119 e. The number of benzene rings is 1. The van der Waals surface area contributed by atoms with E-state index in [-0.39, 0.29) is 6.10 Å². The van der Waals surface area contributed by atoms with Gasteiger partial charge in [-0.25, -0.2) is 0 Å². The van der Waals surface area contributed by atoms with Crippen LogP contribution >= 0.6 is 15.9 Å². The van der Waals surface area contributed by atoms with Crippen LogP contribution in [0.4, 0.5) is 0 Å². The lowest BCUT2D eigenvalue weighted by Crippen LogP contribution is -2.06. The normalized spacial score (nSPS) is 25.0. The van der Waals surface area contributed by atoms with E-state index in [1.807, 2.05) is 6.07 Å². The molecule has 1 aromatic carbocycles. The summed E-state index contributed by atoms with van der Waals surface area (Å²) in [4.78, 5) is 0.701. The Hall–Kier alpha value is -0.500. The molecule has 2 unspecified atom stereocenters. The van der Waals surface area contributed by atoms with Crippen molar-refractivity contribution in [1.82, 2.24) is 0 Å². The first kappa shape index (κ1) is 12.0. The highest BCUT2D eigenvalue weighted by Crippen LogP contribution is 2.38. The topological polar surface area (TPSA) is 9.23 Å². The zero-order valence-electron chi connectivity index (χ0n) is 9.95. The van der Waals surface area contributed by atoms with Gasteiger partial charge in [0.2, 0.25) is 0 Å². The van der Waals surface area contributed by atoms with Crippen LogP contribution in [-0.4, -0.2) is 10.9 Å². The standard InChI is InChI=1S/C14H19BrO/c1-10(2)16-14-5-3-4-11(9-14)12-6-7-13(15)8-12/h3-5,9-10,12-13H,6-8H2,1-2H3. The van der Waals surface area contributed by atoms with Crippen molar-refractivity contribution in [3.05, 3.63) is 29.8 Å². The molecule has 0 radical (unpaired) electrons. The van der Waals surface area contributed by atoms with Crippen LogP contribution in [0, 0.1) is 0 Å². The average Bonchev–Trinajstić information content (AvgIpc) is 2.64. The number of hydrogen-bond donors (Lipinski definition) is 0. The summed E-state index contributed by atoms with van der Waals surface area (Å²) in [5, 5.41) is 0. The summed E-state index contributed by atoms with van der Waals surface area (Å²) in [6, 6.07) is 8.58. The Morgan fingerprint density at radius 2 is 2.12 bits per heavy atom. The lowest BCUT2D eigenvalue weighted by molar-refractivity contribution is 0.242. The molecule has 2 heteroatoms. The molecule has 1 aromatic rings. The van der Waals surface area contributed by atoms with Crippen LogP contribution in [0.3, 0.4) is 0 Å². The Labute approximate surface area is 106 Å². The van der Waals surface area contributed by atoms with Crippen molar-refractivity contribution < 1.29 is 4.74 Å². The Morgan fingerprint density at radius 1 is 1.31 bits per heavy atom. The SMILES string of the molecule is CC(C)Oc1cccc(C2CCC(Br)C2)c1. The maximum Gasteiger partial charge on any atom is 0.119 e. The number of ether oxygens (including phenoxy) is 1. The van der Waals surface area contributed by atoms with Crippen molar-refractivity contribution in [3.8, 4) is 5.75 Å². The van der Waals surface area contributed by atoms with Crippen molar-refractivity contribution in [3.63, 3.8) is 0 Å². The lowest BCUT2D eigenvalue weighted by Gasteiger charge is -2.14. The van der Waals surface area contributed by atoms with Gasteiger partial charge in [-0.1, -0.05) is 28.1 Å². The fourth-order valence-electron chi connectivity index (χ4n) is 2.34. The molecule has 0 N–H and O–H groups in total. The molecule has 0 aromatic heterocycles. The van der Waals surface area contributed by atoms with Crippen LogP contribution in [0.15, 0.2) is 24.3 Å². The van der Waals surface area contributed by atoms with Crippen molar-refractivity contribution in [2.75, 3.05) is 0 Å². The van der Waals surface area contributed by atoms with Crippen molar-refractivity contribution >= 4 is 15.9 Å². The summed E-state index contributed by atoms with van der Waals surface area (Å²) >= 11 is 3.70. The van der Waals surface area contributed by atoms with E-state index in [9.17, 15) is 0 Å². The van der Waals surface area contributed by atoms with Gasteiger partial charge >= 0.3 is 0 Å². The van der Waals surface area contributed by atoms with E-state index in [1.165, 1.54) is 24.8 Å². The van der Waals surface area contributed by atoms with Gasteiger partial charge in [0.15, 0.2) is 0 Å². The summed E-state index contributed by atoms with van der Waals surface area (Å²) in [5.74, 6) is 1.71. The average molecular weight is 283 g/mol. The largest absolute Gasteiger partial charge is 0.491 e. The van der Waals surface area contributed by atoms with Crippen molar-refractivity contribution in [2.24, 2.45) is 0 Å². The molecule has 88 valence electrons. The van der Waals surface area contributed by atoms with Gasteiger partial charge in [0, 0.05) is 4.83 Å². The van der Waals surface area contributed by atoms with Gasteiger partial charge in [0.1, 0.15) is 5.75 Å². The Bertz CT molecular complexity index is 348. The summed E-state index contributed by atoms with van der Waals surface area (Å²) in [6.45, 7) is 4.13. The van der Waals surface area contributed by atoms with Gasteiger partial charge in [-0.2, -0.15) is 0 Å². The first-order valence-corrected chi connectivity index (χ1v) is 6.97. The molecule has 0 saturated heterocycles. The van der Waals surface area contributed by atoms with E-state index in [0.717, 1.165) is 5.75 Å². The highest BCUT2D eigenvalue weighted by atomic mass is 79.9. The maximum atomic E-state index is 5.73. The number of rotatable bonds is 3. The Balaban J connectivity index is 2.09. The van der Waals surface area contributed by atoms with E-state index in [0.29, 0.717) is 10.7 Å². The van der Waals surface area contributed by atoms with Gasteiger partial charge in [-0.15, -0.1) is 0 Å². The molecule has 0 aliphatic heterocycles. The van der Waals surface area contributed by atoms with E-state index >= 15 is 0 Å². The Kier molecular flexibility index (Phi) is 3.91. The number of alkyl halides is 1. The lowest BCUT2D eigenvalue weighted by atomic mass is 9.98. The van der Waals surface area contributed by atoms with Gasteiger partial charge in [-0.3, -0.25) is 0 Å². The number of halogens is 1. The third-order valence-corrected chi connectivity index (χ3v) is 3.90. The van der Waals surface area contributed by atoms with E-state index in [1.54, 1.807) is 0 Å². The predicted molar refractivity (Wildman–Crippen MR) is 71.5 cm³/mol. The molecule has 1 fully saturated rings. The van der Waals surface area contributed by atoms with Crippen molar-refractivity contribution in [1.29, 1.82) is 0 Å². The highest BCUT2D eigenvalue weighted by Gasteiger charge is 2.23. The first-order chi connectivity index (χ1) is 7.65. The third kappa shape index (κ3) is 3.00. The third-order valence-electron chi connectivity index (χ3n) is 3.07. The molecule has 1 aliphatic rings. The highest BCUT2D eigenvalue weighted by molar-refractivity contribution is 9.09. The quantitative estimate of drug-likeness (QED) is 0.742. The van der Waals surface area contributed by atoms with Crippen LogP contribution in [0.1, 0.15) is 44.6 Å². The van der Waals surface area contributed by atoms with E-state index in [4.69, 9.17) is 4.74 Å². The van der Waals surface area contributed by atoms with Crippen LogP contribution < -0.4 is 4.74 Å². The second-order valence-corrected chi connectivity index (χ2v) is 6.14. The molecular weight excluding hydrogens is 264 g/mol. The molecule has 0 amide bonds. The minimum absolute atomic E-state index is 0.253. The second-order valence-electron chi connectivity index (χ2n) is 4.85. The minimum Gasteiger partial charge on any atom is -0.491 e. The first-order valence-electron chi connectivity index (χ1n) is 6.06. The zero-order valence-corrected chi connectivity index (χ0v) is 11.5. The maximum absolute atomic E-state index is 5.73. The number of hydrogen-bond acceptors (Lipinski definition) is 1. The van der Waals surface area contributed by atoms with Gasteiger partial charge in [0.25, 0.3) is 0 Å². The summed E-state index contributed by atoms with van der Waals surface area (Å²) in [5.41, 5.74) is 1.43.